The van der Waals surface area contributed by atoms with Crippen molar-refractivity contribution in [3.05, 3.63) is 28.7 Å². The second kappa shape index (κ2) is 7.56. The monoisotopic (exact) mass is 353 g/mol. The average molecular weight is 354 g/mol. The third-order valence-corrected chi connectivity index (χ3v) is 4.09. The molecule has 1 aliphatic heterocycles. The molecule has 0 spiro atoms. The van der Waals surface area contributed by atoms with Gasteiger partial charge in [-0.05, 0) is 24.7 Å². The third kappa shape index (κ3) is 4.82. The van der Waals surface area contributed by atoms with Crippen LogP contribution in [-0.4, -0.2) is 54.3 Å². The smallest absolute Gasteiger partial charge is 0.233 e. The maximum Gasteiger partial charge on any atom is 0.233 e. The largest absolute Gasteiger partial charge is 0.340 e. The topological polar surface area (TPSA) is 52.7 Å². The first-order valence-electron chi connectivity index (χ1n) is 7.14. The Morgan fingerprint density at radius 3 is 2.57 bits per heavy atom. The Morgan fingerprint density at radius 1 is 1.24 bits per heavy atom. The second-order valence-corrected chi connectivity index (χ2v) is 5.97. The molecule has 0 bridgehead atoms. The van der Waals surface area contributed by atoms with Crippen molar-refractivity contribution in [2.45, 2.75) is 13.3 Å². The first kappa shape index (κ1) is 16.0. The minimum absolute atomic E-state index is 0.0986. The zero-order valence-electron chi connectivity index (χ0n) is 12.1. The number of benzene rings is 1. The summed E-state index contributed by atoms with van der Waals surface area (Å²) in [5.74, 6) is -0.366. The van der Waals surface area contributed by atoms with Gasteiger partial charge in [-0.2, -0.15) is 0 Å². The minimum atomic E-state index is -0.268. The highest BCUT2D eigenvalue weighted by atomic mass is 79.9. The Labute approximate surface area is 133 Å². The molecule has 1 aliphatic rings. The number of nitrogens with zero attached hydrogens (tertiary/aromatic N) is 2. The van der Waals surface area contributed by atoms with Crippen molar-refractivity contribution in [2.24, 2.45) is 0 Å². The van der Waals surface area contributed by atoms with Crippen LogP contribution in [0.25, 0.3) is 0 Å². The predicted molar refractivity (Wildman–Crippen MR) is 86.1 cm³/mol. The molecule has 2 amide bonds. The summed E-state index contributed by atoms with van der Waals surface area (Å²) in [5, 5.41) is 2.75. The number of carbonyl (C=O) groups is 2. The first-order chi connectivity index (χ1) is 10.1. The van der Waals surface area contributed by atoms with Crippen LogP contribution in [0.5, 0.6) is 0 Å². The fraction of sp³-hybridized carbons (Fsp3) is 0.467. The number of nitrogens with one attached hydrogen (secondary N) is 1. The highest BCUT2D eigenvalue weighted by molar-refractivity contribution is 9.10. The van der Waals surface area contributed by atoms with Gasteiger partial charge in [0.15, 0.2) is 0 Å². The summed E-state index contributed by atoms with van der Waals surface area (Å²) in [6.07, 6.45) is -0.0986. The minimum Gasteiger partial charge on any atom is -0.340 e. The van der Waals surface area contributed by atoms with E-state index in [2.05, 4.69) is 33.1 Å². The van der Waals surface area contributed by atoms with Gasteiger partial charge in [-0.25, -0.2) is 0 Å². The van der Waals surface area contributed by atoms with E-state index in [4.69, 9.17) is 0 Å². The summed E-state index contributed by atoms with van der Waals surface area (Å²) in [4.78, 5) is 28.1. The van der Waals surface area contributed by atoms with Crippen molar-refractivity contribution in [3.8, 4) is 0 Å². The molecule has 5 nitrogen and oxygen atoms in total. The van der Waals surface area contributed by atoms with Gasteiger partial charge in [-0.1, -0.05) is 28.9 Å². The van der Waals surface area contributed by atoms with E-state index < -0.39 is 0 Å². The summed E-state index contributed by atoms with van der Waals surface area (Å²) in [5.41, 5.74) is 0.693. The molecule has 0 unspecified atom stereocenters. The van der Waals surface area contributed by atoms with Gasteiger partial charge in [0.1, 0.15) is 6.42 Å². The van der Waals surface area contributed by atoms with Crippen LogP contribution >= 0.6 is 15.9 Å². The van der Waals surface area contributed by atoms with Crippen LogP contribution in [-0.2, 0) is 9.59 Å². The number of hydrogen-bond donors (Lipinski definition) is 1. The molecule has 6 heteroatoms. The molecule has 1 aromatic carbocycles. The highest BCUT2D eigenvalue weighted by Crippen LogP contribution is 2.16. The van der Waals surface area contributed by atoms with E-state index in [1.165, 1.54) is 0 Å². The molecule has 0 saturated carbocycles. The summed E-state index contributed by atoms with van der Waals surface area (Å²) in [6, 6.07) is 7.33. The normalized spacial score (nSPS) is 15.8. The fourth-order valence-electron chi connectivity index (χ4n) is 2.33. The van der Waals surface area contributed by atoms with Gasteiger partial charge in [0, 0.05) is 36.3 Å². The van der Waals surface area contributed by atoms with Crippen LogP contribution in [0, 0.1) is 0 Å². The molecule has 1 saturated heterocycles. The van der Waals surface area contributed by atoms with Crippen LogP contribution in [0.1, 0.15) is 13.3 Å². The molecular weight excluding hydrogens is 334 g/mol. The van der Waals surface area contributed by atoms with E-state index in [0.717, 1.165) is 24.1 Å². The highest BCUT2D eigenvalue weighted by Gasteiger charge is 2.21. The lowest BCUT2D eigenvalue weighted by Gasteiger charge is -2.33. The van der Waals surface area contributed by atoms with Gasteiger partial charge < -0.3 is 15.1 Å². The molecule has 114 valence electrons. The molecule has 1 fully saturated rings. The molecule has 0 aliphatic carbocycles. The second-order valence-electron chi connectivity index (χ2n) is 5.05. The van der Waals surface area contributed by atoms with Crippen LogP contribution in [0.2, 0.25) is 0 Å². The third-order valence-electron chi connectivity index (χ3n) is 3.59. The summed E-state index contributed by atoms with van der Waals surface area (Å²) in [6.45, 7) is 6.30. The molecule has 21 heavy (non-hydrogen) atoms. The van der Waals surface area contributed by atoms with Crippen molar-refractivity contribution in [1.82, 2.24) is 9.80 Å². The molecule has 1 N–H and O–H groups in total. The van der Waals surface area contributed by atoms with Crippen LogP contribution in [0.4, 0.5) is 5.69 Å². The Balaban J connectivity index is 1.81. The molecule has 1 heterocycles. The van der Waals surface area contributed by atoms with Crippen molar-refractivity contribution >= 4 is 33.4 Å². The van der Waals surface area contributed by atoms with Gasteiger partial charge in [-0.3, -0.25) is 9.59 Å². The first-order valence-corrected chi connectivity index (χ1v) is 7.93. The number of piperazine rings is 1. The fourth-order valence-corrected chi connectivity index (χ4v) is 2.73. The lowest BCUT2D eigenvalue weighted by molar-refractivity contribution is -0.136. The van der Waals surface area contributed by atoms with Crippen molar-refractivity contribution in [1.29, 1.82) is 0 Å². The SMILES string of the molecule is CCN1CCN(C(=O)CC(=O)Nc2cccc(Br)c2)CC1. The molecule has 0 aromatic heterocycles. The molecule has 0 atom stereocenters. The summed E-state index contributed by atoms with van der Waals surface area (Å²) < 4.78 is 0.891. The number of anilines is 1. The Bertz CT molecular complexity index is 513. The van der Waals surface area contributed by atoms with E-state index in [0.29, 0.717) is 18.8 Å². The molecule has 0 radical (unpaired) electrons. The van der Waals surface area contributed by atoms with Gasteiger partial charge >= 0.3 is 0 Å². The van der Waals surface area contributed by atoms with Gasteiger partial charge in [0.2, 0.25) is 11.8 Å². The van der Waals surface area contributed by atoms with E-state index in [9.17, 15) is 9.59 Å². The number of hydrogen-bond acceptors (Lipinski definition) is 3. The average Bonchev–Trinajstić information content (AvgIpc) is 2.47. The zero-order valence-corrected chi connectivity index (χ0v) is 13.7. The van der Waals surface area contributed by atoms with Crippen molar-refractivity contribution < 1.29 is 9.59 Å². The standard InChI is InChI=1S/C15H20BrN3O2/c1-2-18-6-8-19(9-7-18)15(21)11-14(20)17-13-5-3-4-12(16)10-13/h3-5,10H,2,6-9,11H2,1H3,(H,17,20). The maximum absolute atomic E-state index is 12.1. The van der Waals surface area contributed by atoms with Crippen LogP contribution < -0.4 is 5.32 Å². The summed E-state index contributed by atoms with van der Waals surface area (Å²) in [7, 11) is 0. The van der Waals surface area contributed by atoms with Crippen LogP contribution in [0.3, 0.4) is 0 Å². The number of rotatable bonds is 4. The van der Waals surface area contributed by atoms with Gasteiger partial charge in [0.25, 0.3) is 0 Å². The van der Waals surface area contributed by atoms with Crippen molar-refractivity contribution in [2.75, 3.05) is 38.0 Å². The Hall–Kier alpha value is -1.40. The molecule has 2 rings (SSSR count). The van der Waals surface area contributed by atoms with E-state index >= 15 is 0 Å². The predicted octanol–water partition coefficient (Wildman–Crippen LogP) is 1.94. The van der Waals surface area contributed by atoms with Crippen LogP contribution in [0.15, 0.2) is 28.7 Å². The number of carbonyl (C=O) groups excluding carboxylic acids is 2. The lowest BCUT2D eigenvalue weighted by Crippen LogP contribution is -2.49. The quantitative estimate of drug-likeness (QED) is 0.841. The summed E-state index contributed by atoms with van der Waals surface area (Å²) >= 11 is 3.35. The van der Waals surface area contributed by atoms with E-state index in [1.807, 2.05) is 18.2 Å². The van der Waals surface area contributed by atoms with Gasteiger partial charge in [0.05, 0.1) is 0 Å². The number of likely N-dealkylation sites (N-methyl/N-ethyl adjacent to an activating group) is 1. The molecule has 1 aromatic rings. The van der Waals surface area contributed by atoms with Crippen molar-refractivity contribution in [3.63, 3.8) is 0 Å². The van der Waals surface area contributed by atoms with Gasteiger partial charge in [-0.15, -0.1) is 0 Å². The maximum atomic E-state index is 12.1. The van der Waals surface area contributed by atoms with E-state index in [-0.39, 0.29) is 18.2 Å². The lowest BCUT2D eigenvalue weighted by atomic mass is 10.2. The zero-order chi connectivity index (χ0) is 15.2. The van der Waals surface area contributed by atoms with E-state index in [1.54, 1.807) is 11.0 Å². The Morgan fingerprint density at radius 2 is 1.95 bits per heavy atom. The Kier molecular flexibility index (Phi) is 5.76. The number of halogens is 1. The molecular formula is C15H20BrN3O2. The number of amides is 2.